The number of methoxy groups -OCH3 is 3. The Balaban J connectivity index is 0.000000207. The number of para-hydroxylation sites is 7. The van der Waals surface area contributed by atoms with Crippen LogP contribution in [0.5, 0.6) is 0 Å². The van der Waals surface area contributed by atoms with Crippen LogP contribution in [0.3, 0.4) is 0 Å². The molecular formula is C59H57IN6O10. The standard InChI is InChI=1S/C23H22N2O4.C21H18N2O4.C8H7IO2.C7H10N2/c1-15-9-8-14-20(24-18-12-6-4-10-16(18)22(26)28-2)21(15)25-19-13-7-5-11-17(19)23(27)29-3;1-13-7-6-12-18(22-16-10-4-2-8-14(16)20(24)25)19(13)23-17-11-5-3-9-15(17)21(26)27;1-11-8(10)6-4-2-3-5-7(6)9;1-5-3-2-4-6(8)7(5)9/h4-14,24-25H,1-3H3;2-12,22-23H,1H3,(H,24,25)(H,26,27);2-5H,1H3;2-4H,8-9H2,1H3. The number of benzene rings is 8. The second kappa shape index (κ2) is 28.2. The number of nitrogens with one attached hydrogen (secondary N) is 4. The third-order valence-corrected chi connectivity index (χ3v) is 12.2. The van der Waals surface area contributed by atoms with E-state index in [1.165, 1.54) is 33.5 Å². The smallest absolute Gasteiger partial charge is 0.339 e. The number of carbonyl (C=O) groups is 5. The van der Waals surface area contributed by atoms with E-state index in [4.69, 9.17) is 20.9 Å². The Labute approximate surface area is 454 Å². The molecule has 0 unspecified atom stereocenters. The first-order valence-electron chi connectivity index (χ1n) is 23.2. The van der Waals surface area contributed by atoms with Crippen molar-refractivity contribution >= 4 is 109 Å². The molecule has 0 aliphatic carbocycles. The molecule has 8 aromatic carbocycles. The fourth-order valence-corrected chi connectivity index (χ4v) is 7.80. The summed E-state index contributed by atoms with van der Waals surface area (Å²) in [5.74, 6) is -3.19. The second-order valence-corrected chi connectivity index (χ2v) is 17.5. The summed E-state index contributed by atoms with van der Waals surface area (Å²) in [6, 6.07) is 51.7. The van der Waals surface area contributed by atoms with Gasteiger partial charge in [-0.15, -0.1) is 0 Å². The molecule has 16 nitrogen and oxygen atoms in total. The van der Waals surface area contributed by atoms with Crippen LogP contribution in [0.25, 0.3) is 0 Å². The SMILES string of the molecule is COC(=O)c1ccccc1I.COC(=O)c1ccccc1Nc1cccc(C)c1Nc1ccccc1C(=O)OC.Cc1cccc(N)c1N.Cc1cccc(Nc2ccccc2C(=O)O)c1Nc1ccccc1C(=O)O. The third-order valence-electron chi connectivity index (χ3n) is 11.2. The van der Waals surface area contributed by atoms with Crippen molar-refractivity contribution in [3.05, 3.63) is 224 Å². The fraction of sp³-hybridized carbons (Fsp3) is 0.102. The molecule has 76 heavy (non-hydrogen) atoms. The number of anilines is 10. The lowest BCUT2D eigenvalue weighted by atomic mass is 10.1. The zero-order chi connectivity index (χ0) is 55.3. The minimum Gasteiger partial charge on any atom is -0.478 e. The van der Waals surface area contributed by atoms with E-state index in [9.17, 15) is 34.2 Å². The first-order chi connectivity index (χ1) is 36.5. The molecule has 0 radical (unpaired) electrons. The van der Waals surface area contributed by atoms with Gasteiger partial charge in [0.1, 0.15) is 0 Å². The Hall–Kier alpha value is -9.36. The van der Waals surface area contributed by atoms with E-state index in [2.05, 4.69) is 48.6 Å². The molecule has 0 aromatic heterocycles. The van der Waals surface area contributed by atoms with Gasteiger partial charge in [-0.3, -0.25) is 0 Å². The Morgan fingerprint density at radius 1 is 0.382 bits per heavy atom. The largest absolute Gasteiger partial charge is 0.478 e. The Morgan fingerprint density at radius 3 is 1.07 bits per heavy atom. The van der Waals surface area contributed by atoms with Crippen LogP contribution >= 0.6 is 22.6 Å². The summed E-state index contributed by atoms with van der Waals surface area (Å²) >= 11 is 2.10. The number of nitrogen functional groups attached to an aromatic ring is 2. The highest BCUT2D eigenvalue weighted by molar-refractivity contribution is 14.1. The molecule has 0 spiro atoms. The fourth-order valence-electron chi connectivity index (χ4n) is 7.19. The van der Waals surface area contributed by atoms with E-state index >= 15 is 0 Å². The van der Waals surface area contributed by atoms with Gasteiger partial charge < -0.3 is 57.2 Å². The molecule has 0 amide bonds. The molecule has 10 N–H and O–H groups in total. The zero-order valence-corrected chi connectivity index (χ0v) is 44.6. The van der Waals surface area contributed by atoms with Crippen molar-refractivity contribution in [1.29, 1.82) is 0 Å². The summed E-state index contributed by atoms with van der Waals surface area (Å²) in [5, 5.41) is 31.7. The normalized spacial score (nSPS) is 9.99. The van der Waals surface area contributed by atoms with Crippen molar-refractivity contribution in [2.75, 3.05) is 54.1 Å². The Bertz CT molecular complexity index is 3330. The minimum atomic E-state index is -1.03. The number of aryl methyl sites for hydroxylation is 3. The van der Waals surface area contributed by atoms with E-state index in [0.717, 1.165) is 31.6 Å². The topological polar surface area (TPSA) is 254 Å². The van der Waals surface area contributed by atoms with Crippen molar-refractivity contribution in [1.82, 2.24) is 0 Å². The summed E-state index contributed by atoms with van der Waals surface area (Å²) in [4.78, 5) is 58.1. The van der Waals surface area contributed by atoms with Gasteiger partial charge in [-0.2, -0.15) is 0 Å². The quantitative estimate of drug-likeness (QED) is 0.0231. The summed E-state index contributed by atoms with van der Waals surface area (Å²) in [6.07, 6.45) is 0. The first-order valence-corrected chi connectivity index (χ1v) is 24.3. The molecular weight excluding hydrogens is 1080 g/mol. The average molecular weight is 1140 g/mol. The third kappa shape index (κ3) is 15.6. The molecule has 0 aliphatic heterocycles. The molecule has 0 saturated heterocycles. The van der Waals surface area contributed by atoms with E-state index in [-0.39, 0.29) is 17.1 Å². The summed E-state index contributed by atoms with van der Waals surface area (Å²) in [7, 11) is 4.08. The minimum absolute atomic E-state index is 0.149. The number of hydrogen-bond acceptors (Lipinski definition) is 14. The van der Waals surface area contributed by atoms with E-state index in [0.29, 0.717) is 62.2 Å². The van der Waals surface area contributed by atoms with Crippen molar-refractivity contribution in [2.45, 2.75) is 20.8 Å². The van der Waals surface area contributed by atoms with Crippen LogP contribution < -0.4 is 32.7 Å². The van der Waals surface area contributed by atoms with Gasteiger partial charge in [0.2, 0.25) is 0 Å². The Morgan fingerprint density at radius 2 is 0.684 bits per heavy atom. The molecule has 8 rings (SSSR count). The second-order valence-electron chi connectivity index (χ2n) is 16.3. The van der Waals surface area contributed by atoms with Crippen LogP contribution in [0.4, 0.5) is 56.9 Å². The van der Waals surface area contributed by atoms with Gasteiger partial charge in [0.05, 0.1) is 106 Å². The van der Waals surface area contributed by atoms with Crippen LogP contribution in [0.15, 0.2) is 176 Å². The number of aromatic carboxylic acids is 2. The molecule has 0 saturated carbocycles. The van der Waals surface area contributed by atoms with Crippen molar-refractivity contribution in [2.24, 2.45) is 0 Å². The molecule has 17 heteroatoms. The molecule has 0 bridgehead atoms. The van der Waals surface area contributed by atoms with Crippen molar-refractivity contribution in [3.63, 3.8) is 0 Å². The molecule has 0 aliphatic rings. The maximum absolute atomic E-state index is 12.1. The highest BCUT2D eigenvalue weighted by atomic mass is 127. The molecule has 8 aromatic rings. The number of carbonyl (C=O) groups excluding carboxylic acids is 3. The van der Waals surface area contributed by atoms with Gasteiger partial charge >= 0.3 is 29.8 Å². The molecule has 0 heterocycles. The lowest BCUT2D eigenvalue weighted by Crippen LogP contribution is -2.08. The van der Waals surface area contributed by atoms with Crippen LogP contribution in [-0.2, 0) is 14.2 Å². The van der Waals surface area contributed by atoms with Gasteiger partial charge in [0.25, 0.3) is 0 Å². The van der Waals surface area contributed by atoms with Crippen molar-refractivity contribution < 1.29 is 48.4 Å². The maximum atomic E-state index is 12.1. The van der Waals surface area contributed by atoms with Gasteiger partial charge in [0.15, 0.2) is 0 Å². The number of hydrogen-bond donors (Lipinski definition) is 8. The van der Waals surface area contributed by atoms with E-state index in [1.54, 1.807) is 84.9 Å². The van der Waals surface area contributed by atoms with Crippen LogP contribution in [0, 0.1) is 24.3 Å². The Kier molecular flexibility index (Phi) is 21.3. The number of esters is 3. The van der Waals surface area contributed by atoms with E-state index in [1.807, 2.05) is 99.6 Å². The molecule has 0 fully saturated rings. The van der Waals surface area contributed by atoms with Gasteiger partial charge in [-0.05, 0) is 139 Å². The monoisotopic (exact) mass is 1140 g/mol. The lowest BCUT2D eigenvalue weighted by molar-refractivity contribution is 0.0591. The first kappa shape index (κ1) is 57.5. The zero-order valence-electron chi connectivity index (χ0n) is 42.4. The highest BCUT2D eigenvalue weighted by Gasteiger charge is 2.18. The number of nitrogens with two attached hydrogens (primary N) is 2. The van der Waals surface area contributed by atoms with Crippen molar-refractivity contribution in [3.8, 4) is 0 Å². The van der Waals surface area contributed by atoms with Crippen LogP contribution in [0.2, 0.25) is 0 Å². The highest BCUT2D eigenvalue weighted by Crippen LogP contribution is 2.35. The van der Waals surface area contributed by atoms with Crippen LogP contribution in [-0.4, -0.2) is 61.4 Å². The predicted octanol–water partition coefficient (Wildman–Crippen LogP) is 13.2. The average Bonchev–Trinajstić information content (AvgIpc) is 3.43. The summed E-state index contributed by atoms with van der Waals surface area (Å²) in [5.41, 5.74) is 22.1. The summed E-state index contributed by atoms with van der Waals surface area (Å²) < 4.78 is 15.2. The lowest BCUT2D eigenvalue weighted by Gasteiger charge is -2.19. The maximum Gasteiger partial charge on any atom is 0.339 e. The summed E-state index contributed by atoms with van der Waals surface area (Å²) in [6.45, 7) is 5.78. The molecule has 0 atom stereocenters. The van der Waals surface area contributed by atoms with Gasteiger partial charge in [0, 0.05) is 3.57 Å². The van der Waals surface area contributed by atoms with Gasteiger partial charge in [-0.1, -0.05) is 97.1 Å². The van der Waals surface area contributed by atoms with Crippen LogP contribution in [0.1, 0.15) is 68.5 Å². The predicted molar refractivity (Wildman–Crippen MR) is 308 cm³/mol. The number of ether oxygens (including phenoxy) is 3. The number of carboxylic acid groups (broad SMARTS) is 2. The van der Waals surface area contributed by atoms with E-state index < -0.39 is 23.9 Å². The number of rotatable bonds is 13. The molecule has 390 valence electrons. The number of carboxylic acids is 2. The van der Waals surface area contributed by atoms with Gasteiger partial charge in [-0.25, -0.2) is 24.0 Å². The number of halogens is 1.